The minimum atomic E-state index is -1.35. The third kappa shape index (κ3) is 12.0. The normalized spacial score (nSPS) is 26.8. The molecule has 6 aromatic rings. The van der Waals surface area contributed by atoms with E-state index < -0.39 is 72.8 Å². The molecule has 3 fully saturated rings. The SMILES string of the molecule is Cc1ccc(S[C@@H]2O[C@@H]3CO[C@H](c4ccccc4)O[C@@H]3[C@H](O[C@@H]3O[C@H](COCc4ccccc4)[C@H](OCc4ccccc4)[C@H](OCc4ccccc4)[C@H]3OC(=O)c3ccccc3)[C@H]2N=[N+]=[N-])cc1. The van der Waals surface area contributed by atoms with Gasteiger partial charge in [0, 0.05) is 15.4 Å². The number of ether oxygens (including phenoxy) is 9. The highest BCUT2D eigenvalue weighted by atomic mass is 32.2. The molecule has 0 unspecified atom stereocenters. The van der Waals surface area contributed by atoms with Crippen molar-refractivity contribution in [3.8, 4) is 0 Å². The molecule has 13 nitrogen and oxygen atoms in total. The first kappa shape index (κ1) is 47.2. The number of hydrogen-bond acceptors (Lipinski definition) is 12. The second kappa shape index (κ2) is 23.4. The van der Waals surface area contributed by atoms with E-state index in [0.717, 1.165) is 32.7 Å². The lowest BCUT2D eigenvalue weighted by molar-refractivity contribution is -0.360. The van der Waals surface area contributed by atoms with Crippen LogP contribution in [-0.2, 0) is 62.5 Å². The fourth-order valence-corrected chi connectivity index (χ4v) is 9.59. The molecule has 9 rings (SSSR count). The van der Waals surface area contributed by atoms with Crippen LogP contribution >= 0.6 is 11.8 Å². The maximum Gasteiger partial charge on any atom is 0.338 e. The number of carbonyl (C=O) groups excluding carboxylic acids is 1. The zero-order valence-corrected chi connectivity index (χ0v) is 38.3. The van der Waals surface area contributed by atoms with Gasteiger partial charge < -0.3 is 42.6 Å². The van der Waals surface area contributed by atoms with Gasteiger partial charge in [-0.25, -0.2) is 4.79 Å². The molecule has 0 saturated carbocycles. The average molecular weight is 936 g/mol. The van der Waals surface area contributed by atoms with E-state index in [1.54, 1.807) is 24.3 Å². The monoisotopic (exact) mass is 935 g/mol. The van der Waals surface area contributed by atoms with E-state index >= 15 is 0 Å². The second-order valence-corrected chi connectivity index (χ2v) is 17.9. The molecular weight excluding hydrogens is 883 g/mol. The first-order valence-corrected chi connectivity index (χ1v) is 23.6. The van der Waals surface area contributed by atoms with E-state index in [-0.39, 0.29) is 33.0 Å². The van der Waals surface area contributed by atoms with E-state index in [2.05, 4.69) is 10.0 Å². The van der Waals surface area contributed by atoms with Gasteiger partial charge in [-0.3, -0.25) is 0 Å². The molecule has 3 aliphatic rings. The topological polar surface area (TPSA) is 149 Å². The predicted molar refractivity (Wildman–Crippen MR) is 254 cm³/mol. The Kier molecular flexibility index (Phi) is 16.3. The van der Waals surface area contributed by atoms with Crippen molar-refractivity contribution < 1.29 is 47.4 Å². The summed E-state index contributed by atoms with van der Waals surface area (Å²) < 4.78 is 60.8. The molecule has 0 aliphatic carbocycles. The zero-order chi connectivity index (χ0) is 46.5. The molecule has 11 atom stereocenters. The number of benzene rings is 6. The summed E-state index contributed by atoms with van der Waals surface area (Å²) in [6.45, 7) is 2.82. The van der Waals surface area contributed by atoms with Crippen LogP contribution in [0.4, 0.5) is 0 Å². The number of hydrogen-bond donors (Lipinski definition) is 0. The van der Waals surface area contributed by atoms with Crippen molar-refractivity contribution in [2.75, 3.05) is 13.2 Å². The summed E-state index contributed by atoms with van der Waals surface area (Å²) in [5, 5.41) is 4.37. The Hall–Kier alpha value is -5.87. The van der Waals surface area contributed by atoms with Crippen LogP contribution in [0.1, 0.15) is 44.5 Å². The van der Waals surface area contributed by atoms with Gasteiger partial charge in [0.2, 0.25) is 0 Å². The Labute approximate surface area is 400 Å². The molecule has 3 aliphatic heterocycles. The number of fused-ring (bicyclic) bond motifs is 1. The van der Waals surface area contributed by atoms with Gasteiger partial charge in [0.05, 0.1) is 38.6 Å². The minimum absolute atomic E-state index is 0.0463. The van der Waals surface area contributed by atoms with E-state index in [0.29, 0.717) is 5.56 Å². The van der Waals surface area contributed by atoms with Gasteiger partial charge in [0.1, 0.15) is 48.1 Å². The molecule has 3 heterocycles. The summed E-state index contributed by atoms with van der Waals surface area (Å²) in [5.41, 5.74) is 14.5. The number of thioether (sulfide) groups is 1. The summed E-state index contributed by atoms with van der Waals surface area (Å²) in [6, 6.07) is 54.6. The van der Waals surface area contributed by atoms with E-state index in [1.165, 1.54) is 11.8 Å². The standard InChI is InChI=1S/C54H53N3O10S/c1-36-27-29-42(30-28-36)68-54-45(56-57-55)48(47-44(64-54)35-62-52(66-47)41-25-15-6-16-26-41)67-53-50(65-51(58)40-23-13-5-14-24-40)49(61-33-39-21-11-4-12-22-39)46(60-32-38-19-9-3-10-20-38)43(63-53)34-59-31-37-17-7-2-8-18-37/h2-30,43-50,52-54H,31-35H2,1H3/t43-,44-,45-,46+,47+,48-,49+,50-,52+,53+,54+/m1/s1. The molecule has 0 aromatic heterocycles. The van der Waals surface area contributed by atoms with Crippen LogP contribution in [0.15, 0.2) is 186 Å². The van der Waals surface area contributed by atoms with Crippen molar-refractivity contribution >= 4 is 17.7 Å². The lowest BCUT2D eigenvalue weighted by atomic mass is 9.95. The highest BCUT2D eigenvalue weighted by Crippen LogP contribution is 2.43. The van der Waals surface area contributed by atoms with Crippen LogP contribution in [0, 0.1) is 6.92 Å². The summed E-state index contributed by atoms with van der Waals surface area (Å²) in [4.78, 5) is 18.6. The molecule has 3 saturated heterocycles. The molecule has 68 heavy (non-hydrogen) atoms. The summed E-state index contributed by atoms with van der Waals surface area (Å²) in [6.07, 6.45) is -8.63. The Morgan fingerprint density at radius 3 is 1.85 bits per heavy atom. The van der Waals surface area contributed by atoms with Crippen molar-refractivity contribution in [1.29, 1.82) is 0 Å². The Morgan fingerprint density at radius 2 is 1.24 bits per heavy atom. The largest absolute Gasteiger partial charge is 0.450 e. The van der Waals surface area contributed by atoms with Crippen LogP contribution in [0.3, 0.4) is 0 Å². The summed E-state index contributed by atoms with van der Waals surface area (Å²) in [7, 11) is 0. The van der Waals surface area contributed by atoms with Crippen molar-refractivity contribution in [2.45, 2.75) is 98.4 Å². The van der Waals surface area contributed by atoms with Gasteiger partial charge in [-0.05, 0) is 53.4 Å². The van der Waals surface area contributed by atoms with Crippen LogP contribution in [0.2, 0.25) is 0 Å². The molecular formula is C54H53N3O10S. The lowest BCUT2D eigenvalue weighted by Gasteiger charge is -2.51. The quantitative estimate of drug-likeness (QED) is 0.0351. The number of rotatable bonds is 18. The molecule has 14 heteroatoms. The third-order valence-electron chi connectivity index (χ3n) is 11.9. The van der Waals surface area contributed by atoms with Crippen molar-refractivity contribution in [3.05, 3.63) is 220 Å². The predicted octanol–water partition coefficient (Wildman–Crippen LogP) is 10.3. The Balaban J connectivity index is 1.12. The van der Waals surface area contributed by atoms with Crippen molar-refractivity contribution in [1.82, 2.24) is 0 Å². The molecule has 0 amide bonds. The lowest BCUT2D eigenvalue weighted by Crippen LogP contribution is -2.66. The fraction of sp³-hybridized carbons (Fsp3) is 0.315. The average Bonchev–Trinajstić information content (AvgIpc) is 3.39. The number of nitrogens with zero attached hydrogens (tertiary/aromatic N) is 3. The zero-order valence-electron chi connectivity index (χ0n) is 37.5. The third-order valence-corrected chi connectivity index (χ3v) is 13.1. The highest BCUT2D eigenvalue weighted by molar-refractivity contribution is 7.99. The Morgan fingerprint density at radius 1 is 0.662 bits per heavy atom. The van der Waals surface area contributed by atoms with Gasteiger partial charge in [-0.1, -0.05) is 174 Å². The van der Waals surface area contributed by atoms with Gasteiger partial charge >= 0.3 is 5.97 Å². The molecule has 0 spiro atoms. The number of esters is 1. The van der Waals surface area contributed by atoms with Crippen LogP contribution in [-0.4, -0.2) is 79.7 Å². The first-order chi connectivity index (χ1) is 33.5. The van der Waals surface area contributed by atoms with Crippen molar-refractivity contribution in [3.63, 3.8) is 0 Å². The first-order valence-electron chi connectivity index (χ1n) is 22.7. The van der Waals surface area contributed by atoms with E-state index in [4.69, 9.17) is 42.6 Å². The smallest absolute Gasteiger partial charge is 0.338 e. The van der Waals surface area contributed by atoms with Gasteiger partial charge in [-0.2, -0.15) is 0 Å². The molecule has 0 bridgehead atoms. The van der Waals surface area contributed by atoms with Crippen LogP contribution < -0.4 is 0 Å². The highest BCUT2D eigenvalue weighted by Gasteiger charge is 2.56. The fourth-order valence-electron chi connectivity index (χ4n) is 8.49. The van der Waals surface area contributed by atoms with Gasteiger partial charge in [0.15, 0.2) is 18.7 Å². The Bertz CT molecular complexity index is 2530. The molecule has 6 aromatic carbocycles. The number of carbonyl (C=O) groups is 1. The van der Waals surface area contributed by atoms with Crippen LogP contribution in [0.25, 0.3) is 10.4 Å². The second-order valence-electron chi connectivity index (χ2n) is 16.7. The van der Waals surface area contributed by atoms with Crippen molar-refractivity contribution in [2.24, 2.45) is 5.11 Å². The maximum atomic E-state index is 14.4. The molecule has 0 N–H and O–H groups in total. The van der Waals surface area contributed by atoms with Crippen LogP contribution in [0.5, 0.6) is 0 Å². The van der Waals surface area contributed by atoms with E-state index in [1.807, 2.05) is 159 Å². The van der Waals surface area contributed by atoms with Gasteiger partial charge in [-0.15, -0.1) is 0 Å². The molecule has 350 valence electrons. The summed E-state index contributed by atoms with van der Waals surface area (Å²) >= 11 is 1.40. The van der Waals surface area contributed by atoms with E-state index in [9.17, 15) is 10.3 Å². The minimum Gasteiger partial charge on any atom is -0.450 e. The number of aryl methyl sites for hydroxylation is 1. The number of azide groups is 1. The molecule has 0 radical (unpaired) electrons. The summed E-state index contributed by atoms with van der Waals surface area (Å²) in [5.74, 6) is -0.627. The van der Waals surface area contributed by atoms with Gasteiger partial charge in [0.25, 0.3) is 0 Å². The maximum absolute atomic E-state index is 14.4.